The molecule has 0 aliphatic heterocycles. The minimum Gasteiger partial charge on any atom is -0.352 e. The van der Waals surface area contributed by atoms with Gasteiger partial charge in [0.2, 0.25) is 0 Å². The first-order chi connectivity index (χ1) is 10.8. The van der Waals surface area contributed by atoms with E-state index in [-0.39, 0.29) is 0 Å². The van der Waals surface area contributed by atoms with Gasteiger partial charge in [0.25, 0.3) is 0 Å². The lowest BCUT2D eigenvalue weighted by Gasteiger charge is -2.16. The number of nitrogens with zero attached hydrogens (tertiary/aromatic N) is 4. The van der Waals surface area contributed by atoms with E-state index in [1.54, 1.807) is 11.3 Å². The number of aromatic nitrogens is 3. The molecule has 0 spiro atoms. The number of anilines is 1. The first kappa shape index (κ1) is 13.2. The largest absolute Gasteiger partial charge is 0.352 e. The van der Waals surface area contributed by atoms with Crippen molar-refractivity contribution in [3.63, 3.8) is 0 Å². The van der Waals surface area contributed by atoms with Crippen molar-refractivity contribution in [2.75, 3.05) is 11.9 Å². The number of fused-ring (bicyclic) bond motifs is 2. The van der Waals surface area contributed by atoms with Crippen LogP contribution in [0, 0.1) is 0 Å². The van der Waals surface area contributed by atoms with Gasteiger partial charge in [-0.05, 0) is 24.3 Å². The third-order valence-electron chi connectivity index (χ3n) is 3.54. The van der Waals surface area contributed by atoms with E-state index in [9.17, 15) is 0 Å². The zero-order valence-electron chi connectivity index (χ0n) is 12.1. The molecule has 22 heavy (non-hydrogen) atoms. The molecule has 0 saturated carbocycles. The average molecular weight is 306 g/mol. The predicted octanol–water partition coefficient (Wildman–Crippen LogP) is 3.88. The van der Waals surface area contributed by atoms with Crippen molar-refractivity contribution in [2.24, 2.45) is 0 Å². The van der Waals surface area contributed by atoms with Gasteiger partial charge in [-0.1, -0.05) is 24.3 Å². The fourth-order valence-electron chi connectivity index (χ4n) is 2.40. The highest BCUT2D eigenvalue weighted by Gasteiger charge is 2.09. The van der Waals surface area contributed by atoms with Crippen molar-refractivity contribution >= 4 is 38.4 Å². The predicted molar refractivity (Wildman–Crippen MR) is 91.3 cm³/mol. The fraction of sp³-hybridized carbons (Fsp3) is 0.118. The lowest BCUT2D eigenvalue weighted by Crippen LogP contribution is -2.17. The number of para-hydroxylation sites is 3. The highest BCUT2D eigenvalue weighted by molar-refractivity contribution is 7.18. The minimum absolute atomic E-state index is 0.729. The van der Waals surface area contributed by atoms with Crippen LogP contribution in [0.15, 0.2) is 54.7 Å². The molecule has 0 aliphatic carbocycles. The van der Waals surface area contributed by atoms with E-state index in [0.717, 1.165) is 33.9 Å². The Hall–Kier alpha value is -2.53. The van der Waals surface area contributed by atoms with E-state index in [1.807, 2.05) is 55.7 Å². The van der Waals surface area contributed by atoms with Crippen molar-refractivity contribution in [1.82, 2.24) is 15.0 Å². The topological polar surface area (TPSA) is 41.9 Å². The molecule has 4 nitrogen and oxygen atoms in total. The molecule has 0 N–H and O–H groups in total. The van der Waals surface area contributed by atoms with Crippen LogP contribution < -0.4 is 4.90 Å². The van der Waals surface area contributed by atoms with E-state index in [4.69, 9.17) is 0 Å². The van der Waals surface area contributed by atoms with E-state index >= 15 is 0 Å². The van der Waals surface area contributed by atoms with Crippen LogP contribution in [-0.2, 0) is 6.54 Å². The molecule has 4 rings (SSSR count). The standard InChI is InChI=1S/C17H14N4S/c1-21(11-17-20-14-8-4-5-9-15(14)22-17)16-10-18-12-6-2-3-7-13(12)19-16/h2-10H,11H2,1H3. The molecule has 2 aromatic carbocycles. The van der Waals surface area contributed by atoms with Gasteiger partial charge in [-0.25, -0.2) is 9.97 Å². The van der Waals surface area contributed by atoms with Crippen LogP contribution in [0.3, 0.4) is 0 Å². The SMILES string of the molecule is CN(Cc1nc2ccccc2s1)c1cnc2ccccc2n1. The molecule has 2 heterocycles. The summed E-state index contributed by atoms with van der Waals surface area (Å²) in [4.78, 5) is 15.9. The van der Waals surface area contributed by atoms with Crippen LogP contribution in [0.4, 0.5) is 5.82 Å². The van der Waals surface area contributed by atoms with Gasteiger partial charge in [0.15, 0.2) is 0 Å². The lowest BCUT2D eigenvalue weighted by atomic mass is 10.3. The Kier molecular flexibility index (Phi) is 3.20. The molecular formula is C17H14N4S. The zero-order chi connectivity index (χ0) is 14.9. The monoisotopic (exact) mass is 306 g/mol. The molecule has 4 aromatic rings. The van der Waals surface area contributed by atoms with Gasteiger partial charge >= 0.3 is 0 Å². The zero-order valence-corrected chi connectivity index (χ0v) is 12.9. The Morgan fingerprint density at radius 3 is 2.45 bits per heavy atom. The van der Waals surface area contributed by atoms with E-state index in [2.05, 4.69) is 25.9 Å². The number of thiazole rings is 1. The molecule has 108 valence electrons. The molecule has 5 heteroatoms. The van der Waals surface area contributed by atoms with Gasteiger partial charge in [-0.3, -0.25) is 4.98 Å². The molecule has 0 radical (unpaired) electrons. The third-order valence-corrected chi connectivity index (χ3v) is 4.56. The number of hydrogen-bond donors (Lipinski definition) is 0. The summed E-state index contributed by atoms with van der Waals surface area (Å²) in [7, 11) is 2.02. The van der Waals surface area contributed by atoms with Crippen LogP contribution in [0.2, 0.25) is 0 Å². The van der Waals surface area contributed by atoms with Crippen LogP contribution in [-0.4, -0.2) is 22.0 Å². The van der Waals surface area contributed by atoms with Crippen molar-refractivity contribution in [3.05, 3.63) is 59.7 Å². The summed E-state index contributed by atoms with van der Waals surface area (Å²) in [6.45, 7) is 0.729. The van der Waals surface area contributed by atoms with Crippen molar-refractivity contribution in [1.29, 1.82) is 0 Å². The van der Waals surface area contributed by atoms with Crippen LogP contribution in [0.1, 0.15) is 5.01 Å². The summed E-state index contributed by atoms with van der Waals surface area (Å²) in [5.41, 5.74) is 2.89. The third kappa shape index (κ3) is 2.40. The lowest BCUT2D eigenvalue weighted by molar-refractivity contribution is 0.890. The molecule has 0 amide bonds. The minimum atomic E-state index is 0.729. The Labute approximate surface area is 132 Å². The molecule has 0 aliphatic rings. The fourth-order valence-corrected chi connectivity index (χ4v) is 3.42. The quantitative estimate of drug-likeness (QED) is 0.576. The van der Waals surface area contributed by atoms with Gasteiger partial charge < -0.3 is 4.90 Å². The second kappa shape index (κ2) is 5.35. The maximum absolute atomic E-state index is 4.67. The van der Waals surface area contributed by atoms with Gasteiger partial charge in [0.05, 0.1) is 34.0 Å². The van der Waals surface area contributed by atoms with Gasteiger partial charge in [0.1, 0.15) is 10.8 Å². The molecule has 0 unspecified atom stereocenters. The van der Waals surface area contributed by atoms with Gasteiger partial charge in [-0.15, -0.1) is 11.3 Å². The van der Waals surface area contributed by atoms with Gasteiger partial charge in [-0.2, -0.15) is 0 Å². The van der Waals surface area contributed by atoms with Crippen molar-refractivity contribution in [3.8, 4) is 0 Å². The molecule has 0 fully saturated rings. The molecular weight excluding hydrogens is 292 g/mol. The summed E-state index contributed by atoms with van der Waals surface area (Å²) in [6.07, 6.45) is 1.82. The van der Waals surface area contributed by atoms with Crippen molar-refractivity contribution < 1.29 is 0 Å². The number of rotatable bonds is 3. The Balaban J connectivity index is 1.63. The molecule has 0 bridgehead atoms. The van der Waals surface area contributed by atoms with E-state index in [1.165, 1.54) is 4.70 Å². The molecule has 2 aromatic heterocycles. The molecule has 0 atom stereocenters. The van der Waals surface area contributed by atoms with Crippen LogP contribution in [0.5, 0.6) is 0 Å². The van der Waals surface area contributed by atoms with Crippen LogP contribution in [0.25, 0.3) is 21.3 Å². The maximum Gasteiger partial charge on any atom is 0.147 e. The smallest absolute Gasteiger partial charge is 0.147 e. The Morgan fingerprint density at radius 1 is 0.909 bits per heavy atom. The summed E-state index contributed by atoms with van der Waals surface area (Å²) < 4.78 is 1.22. The normalized spacial score (nSPS) is 11.1. The summed E-state index contributed by atoms with van der Waals surface area (Å²) in [6, 6.07) is 16.1. The van der Waals surface area contributed by atoms with E-state index in [0.29, 0.717) is 0 Å². The van der Waals surface area contributed by atoms with E-state index < -0.39 is 0 Å². The second-order valence-electron chi connectivity index (χ2n) is 5.15. The first-order valence-electron chi connectivity index (χ1n) is 7.07. The van der Waals surface area contributed by atoms with Crippen molar-refractivity contribution in [2.45, 2.75) is 6.54 Å². The highest BCUT2D eigenvalue weighted by atomic mass is 32.1. The second-order valence-corrected chi connectivity index (χ2v) is 6.26. The first-order valence-corrected chi connectivity index (χ1v) is 7.88. The summed E-state index contributed by atoms with van der Waals surface area (Å²) >= 11 is 1.72. The summed E-state index contributed by atoms with van der Waals surface area (Å²) in [5, 5.41) is 1.08. The number of hydrogen-bond acceptors (Lipinski definition) is 5. The Morgan fingerprint density at radius 2 is 1.64 bits per heavy atom. The number of benzene rings is 2. The Bertz CT molecular complexity index is 914. The average Bonchev–Trinajstić information content (AvgIpc) is 2.96. The molecule has 0 saturated heterocycles. The summed E-state index contributed by atoms with van der Waals surface area (Å²) in [5.74, 6) is 0.859. The highest BCUT2D eigenvalue weighted by Crippen LogP contribution is 2.24. The van der Waals surface area contributed by atoms with Gasteiger partial charge in [0, 0.05) is 7.05 Å². The maximum atomic E-state index is 4.67. The van der Waals surface area contributed by atoms with Crippen LogP contribution >= 0.6 is 11.3 Å².